The lowest BCUT2D eigenvalue weighted by Crippen LogP contribution is -2.12. The summed E-state index contributed by atoms with van der Waals surface area (Å²) in [4.78, 5) is 0. The van der Waals surface area contributed by atoms with Crippen LogP contribution in [0.3, 0.4) is 0 Å². The summed E-state index contributed by atoms with van der Waals surface area (Å²) in [5.41, 5.74) is 2.22. The van der Waals surface area contributed by atoms with E-state index < -0.39 is 0 Å². The monoisotopic (exact) mass is 273 g/mol. The fraction of sp³-hybridized carbons (Fsp3) is 0.250. The number of hydrogen-bond donors (Lipinski definition) is 2. The van der Waals surface area contributed by atoms with Gasteiger partial charge in [-0.1, -0.05) is 30.3 Å². The Morgan fingerprint density at radius 2 is 1.45 bits per heavy atom. The molecule has 0 saturated carbocycles. The highest BCUT2D eigenvalue weighted by Gasteiger charge is 2.10. The Balaban J connectivity index is 2.02. The van der Waals surface area contributed by atoms with Crippen molar-refractivity contribution in [3.05, 3.63) is 53.6 Å². The summed E-state index contributed by atoms with van der Waals surface area (Å²) in [6.45, 7) is 1.45. The normalized spacial score (nSPS) is 10.3. The molecule has 20 heavy (non-hydrogen) atoms. The van der Waals surface area contributed by atoms with Crippen LogP contribution >= 0.6 is 0 Å². The Kier molecular flexibility index (Phi) is 4.85. The molecule has 0 spiro atoms. The van der Waals surface area contributed by atoms with Crippen LogP contribution in [0.25, 0.3) is 0 Å². The van der Waals surface area contributed by atoms with Crippen LogP contribution in [0.2, 0.25) is 0 Å². The minimum Gasteiger partial charge on any atom is -0.502 e. The average molecular weight is 273 g/mol. The quantitative estimate of drug-likeness (QED) is 0.849. The Morgan fingerprint density at radius 1 is 0.900 bits per heavy atom. The summed E-state index contributed by atoms with van der Waals surface area (Å²) >= 11 is 0. The molecule has 0 fully saturated rings. The van der Waals surface area contributed by atoms with Gasteiger partial charge in [-0.05, 0) is 23.3 Å². The molecule has 0 aliphatic heterocycles. The topological polar surface area (TPSA) is 50.7 Å². The summed E-state index contributed by atoms with van der Waals surface area (Å²) < 4.78 is 10.3. The summed E-state index contributed by atoms with van der Waals surface area (Å²) in [6, 6.07) is 13.8. The molecule has 0 radical (unpaired) electrons. The minimum atomic E-state index is 0.0295. The average Bonchev–Trinajstić information content (AvgIpc) is 2.49. The fourth-order valence-electron chi connectivity index (χ4n) is 2.00. The first kappa shape index (κ1) is 14.2. The van der Waals surface area contributed by atoms with Gasteiger partial charge < -0.3 is 19.9 Å². The number of rotatable bonds is 6. The number of nitrogens with one attached hydrogen (secondary N) is 1. The molecule has 2 rings (SSSR count). The van der Waals surface area contributed by atoms with Gasteiger partial charge in [0.25, 0.3) is 0 Å². The van der Waals surface area contributed by atoms with Gasteiger partial charge in [0.05, 0.1) is 14.2 Å². The molecule has 2 aromatic rings. The highest BCUT2D eigenvalue weighted by molar-refractivity contribution is 5.52. The van der Waals surface area contributed by atoms with Crippen molar-refractivity contribution in [2.45, 2.75) is 13.1 Å². The summed E-state index contributed by atoms with van der Waals surface area (Å²) in [5.74, 6) is 0.864. The van der Waals surface area contributed by atoms with Gasteiger partial charge in [0.1, 0.15) is 0 Å². The molecular formula is C16H19NO3. The van der Waals surface area contributed by atoms with Gasteiger partial charge in [0, 0.05) is 13.1 Å². The van der Waals surface area contributed by atoms with Gasteiger partial charge in [0.15, 0.2) is 11.5 Å². The lowest BCUT2D eigenvalue weighted by molar-refractivity contribution is 0.339. The zero-order chi connectivity index (χ0) is 14.4. The Bertz CT molecular complexity index is 530. The van der Waals surface area contributed by atoms with Crippen molar-refractivity contribution in [2.75, 3.05) is 14.2 Å². The van der Waals surface area contributed by atoms with E-state index in [4.69, 9.17) is 9.47 Å². The lowest BCUT2D eigenvalue weighted by Gasteiger charge is -2.12. The van der Waals surface area contributed by atoms with E-state index >= 15 is 0 Å². The highest BCUT2D eigenvalue weighted by atomic mass is 16.5. The number of aromatic hydroxyl groups is 1. The number of hydrogen-bond acceptors (Lipinski definition) is 4. The third kappa shape index (κ3) is 3.42. The van der Waals surface area contributed by atoms with Crippen molar-refractivity contribution in [1.82, 2.24) is 5.32 Å². The predicted octanol–water partition coefficient (Wildman–Crippen LogP) is 2.70. The molecule has 0 unspecified atom stereocenters. The maximum absolute atomic E-state index is 9.85. The highest BCUT2D eigenvalue weighted by Crippen LogP contribution is 2.36. The molecule has 0 aliphatic rings. The van der Waals surface area contributed by atoms with Crippen molar-refractivity contribution in [2.24, 2.45) is 0 Å². The van der Waals surface area contributed by atoms with E-state index in [0.29, 0.717) is 18.0 Å². The molecule has 0 saturated heterocycles. The molecule has 0 aliphatic carbocycles. The SMILES string of the molecule is COc1cc(CNCc2ccccc2)cc(OC)c1O. The van der Waals surface area contributed by atoms with Gasteiger partial charge in [-0.25, -0.2) is 0 Å². The Hall–Kier alpha value is -2.20. The molecule has 106 valence electrons. The van der Waals surface area contributed by atoms with Gasteiger partial charge >= 0.3 is 0 Å². The number of benzene rings is 2. The van der Waals surface area contributed by atoms with Crippen LogP contribution in [0.15, 0.2) is 42.5 Å². The predicted molar refractivity (Wildman–Crippen MR) is 78.2 cm³/mol. The molecule has 0 atom stereocenters. The van der Waals surface area contributed by atoms with Gasteiger partial charge in [-0.3, -0.25) is 0 Å². The van der Waals surface area contributed by atoms with E-state index in [2.05, 4.69) is 17.4 Å². The number of ether oxygens (including phenoxy) is 2. The minimum absolute atomic E-state index is 0.0295. The van der Waals surface area contributed by atoms with Crippen LogP contribution < -0.4 is 14.8 Å². The summed E-state index contributed by atoms with van der Waals surface area (Å²) in [5, 5.41) is 13.2. The molecule has 2 N–H and O–H groups in total. The number of phenolic OH excluding ortho intramolecular Hbond substituents is 1. The summed E-state index contributed by atoms with van der Waals surface area (Å²) in [7, 11) is 3.05. The molecule has 4 heteroatoms. The van der Waals surface area contributed by atoms with E-state index in [-0.39, 0.29) is 5.75 Å². The van der Waals surface area contributed by atoms with Gasteiger partial charge in [0.2, 0.25) is 5.75 Å². The van der Waals surface area contributed by atoms with E-state index in [1.807, 2.05) is 18.2 Å². The van der Waals surface area contributed by atoms with Crippen LogP contribution in [0.1, 0.15) is 11.1 Å². The van der Waals surface area contributed by atoms with Crippen LogP contribution in [0, 0.1) is 0 Å². The van der Waals surface area contributed by atoms with Crippen molar-refractivity contribution in [3.8, 4) is 17.2 Å². The zero-order valence-electron chi connectivity index (χ0n) is 11.7. The maximum atomic E-state index is 9.85. The second-order valence-corrected chi connectivity index (χ2v) is 4.44. The zero-order valence-corrected chi connectivity index (χ0v) is 11.7. The molecular weight excluding hydrogens is 254 g/mol. The van der Waals surface area contributed by atoms with Crippen molar-refractivity contribution in [3.63, 3.8) is 0 Å². The maximum Gasteiger partial charge on any atom is 0.200 e. The van der Waals surface area contributed by atoms with Crippen molar-refractivity contribution < 1.29 is 14.6 Å². The third-order valence-electron chi connectivity index (χ3n) is 3.04. The Morgan fingerprint density at radius 3 is 2.00 bits per heavy atom. The first-order valence-electron chi connectivity index (χ1n) is 6.43. The molecule has 0 heterocycles. The molecule has 0 bridgehead atoms. The standard InChI is InChI=1S/C16H19NO3/c1-19-14-8-13(9-15(20-2)16(14)18)11-17-10-12-6-4-3-5-7-12/h3-9,17-18H,10-11H2,1-2H3. The van der Waals surface area contributed by atoms with E-state index in [0.717, 1.165) is 12.1 Å². The van der Waals surface area contributed by atoms with Crippen molar-refractivity contribution in [1.29, 1.82) is 0 Å². The smallest absolute Gasteiger partial charge is 0.200 e. The Labute approximate surface area is 119 Å². The molecule has 0 amide bonds. The summed E-state index contributed by atoms with van der Waals surface area (Å²) in [6.07, 6.45) is 0. The second-order valence-electron chi connectivity index (χ2n) is 4.44. The largest absolute Gasteiger partial charge is 0.502 e. The molecule has 0 aromatic heterocycles. The number of methoxy groups -OCH3 is 2. The van der Waals surface area contributed by atoms with E-state index in [1.165, 1.54) is 19.8 Å². The second kappa shape index (κ2) is 6.82. The first-order valence-corrected chi connectivity index (χ1v) is 6.43. The van der Waals surface area contributed by atoms with Gasteiger partial charge in [-0.2, -0.15) is 0 Å². The molecule has 2 aromatic carbocycles. The van der Waals surface area contributed by atoms with Crippen molar-refractivity contribution >= 4 is 0 Å². The van der Waals surface area contributed by atoms with Crippen LogP contribution in [0.5, 0.6) is 17.2 Å². The number of phenols is 1. The van der Waals surface area contributed by atoms with E-state index in [9.17, 15) is 5.11 Å². The van der Waals surface area contributed by atoms with E-state index in [1.54, 1.807) is 12.1 Å². The fourth-order valence-corrected chi connectivity index (χ4v) is 2.00. The van der Waals surface area contributed by atoms with Gasteiger partial charge in [-0.15, -0.1) is 0 Å². The van der Waals surface area contributed by atoms with Crippen LogP contribution in [-0.2, 0) is 13.1 Å². The lowest BCUT2D eigenvalue weighted by atomic mass is 10.1. The molecule has 4 nitrogen and oxygen atoms in total. The first-order chi connectivity index (χ1) is 9.74. The van der Waals surface area contributed by atoms with Crippen LogP contribution in [0.4, 0.5) is 0 Å². The third-order valence-corrected chi connectivity index (χ3v) is 3.04. The van der Waals surface area contributed by atoms with Crippen LogP contribution in [-0.4, -0.2) is 19.3 Å².